The van der Waals surface area contributed by atoms with Gasteiger partial charge in [0.2, 0.25) is 0 Å². The summed E-state index contributed by atoms with van der Waals surface area (Å²) in [6.45, 7) is 4.86. The number of nitro groups is 1. The molecule has 0 radical (unpaired) electrons. The molecule has 0 spiro atoms. The van der Waals surface area contributed by atoms with Crippen LogP contribution in [0.15, 0.2) is 57.6 Å². The molecule has 0 aliphatic carbocycles. The van der Waals surface area contributed by atoms with Gasteiger partial charge in [0.25, 0.3) is 5.69 Å². The molecule has 30 heavy (non-hydrogen) atoms. The summed E-state index contributed by atoms with van der Waals surface area (Å²) in [6.07, 6.45) is 0.953. The molecule has 0 atom stereocenters. The van der Waals surface area contributed by atoms with Crippen LogP contribution < -0.4 is 4.90 Å². The van der Waals surface area contributed by atoms with Gasteiger partial charge in [-0.3, -0.25) is 14.9 Å². The van der Waals surface area contributed by atoms with Crippen LogP contribution in [0.25, 0.3) is 0 Å². The SMILES string of the molecule is CCN(CCOC(C)=O)c1ccc(/N=N/c2ccc([N+](=O)[O-])cc2S(C)(=O)=O)cc1. The van der Waals surface area contributed by atoms with E-state index in [1.807, 2.05) is 24.0 Å². The topological polar surface area (TPSA) is 132 Å². The molecule has 10 nitrogen and oxygen atoms in total. The Morgan fingerprint density at radius 3 is 2.37 bits per heavy atom. The number of carbonyl (C=O) groups is 1. The van der Waals surface area contributed by atoms with Gasteiger partial charge < -0.3 is 9.64 Å². The molecule has 2 aromatic carbocycles. The van der Waals surface area contributed by atoms with Gasteiger partial charge in [-0.05, 0) is 37.3 Å². The average molecular weight is 434 g/mol. The first-order chi connectivity index (χ1) is 14.1. The molecule has 0 aromatic heterocycles. The summed E-state index contributed by atoms with van der Waals surface area (Å²) in [6, 6.07) is 10.4. The third kappa shape index (κ3) is 6.34. The van der Waals surface area contributed by atoms with Gasteiger partial charge in [-0.2, -0.15) is 5.11 Å². The number of hydrogen-bond donors (Lipinski definition) is 0. The number of azo groups is 1. The van der Waals surface area contributed by atoms with E-state index in [-0.39, 0.29) is 28.8 Å². The van der Waals surface area contributed by atoms with Crippen molar-refractivity contribution >= 4 is 38.6 Å². The van der Waals surface area contributed by atoms with Crippen molar-refractivity contribution in [3.05, 3.63) is 52.6 Å². The molecule has 0 aliphatic rings. The van der Waals surface area contributed by atoms with Gasteiger partial charge >= 0.3 is 5.97 Å². The molecule has 0 aliphatic heterocycles. The highest BCUT2D eigenvalue weighted by Gasteiger charge is 2.18. The molecule has 0 saturated carbocycles. The minimum Gasteiger partial charge on any atom is -0.464 e. The van der Waals surface area contributed by atoms with E-state index in [0.29, 0.717) is 18.8 Å². The quantitative estimate of drug-likeness (QED) is 0.254. The third-order valence-corrected chi connectivity index (χ3v) is 5.22. The minimum absolute atomic E-state index is 0.0174. The summed E-state index contributed by atoms with van der Waals surface area (Å²) in [4.78, 5) is 22.9. The van der Waals surface area contributed by atoms with E-state index in [9.17, 15) is 23.3 Å². The van der Waals surface area contributed by atoms with Crippen molar-refractivity contribution in [2.45, 2.75) is 18.7 Å². The van der Waals surface area contributed by atoms with Gasteiger partial charge in [0.05, 0.1) is 17.2 Å². The van der Waals surface area contributed by atoms with E-state index in [1.165, 1.54) is 19.1 Å². The maximum atomic E-state index is 12.0. The first-order valence-electron chi connectivity index (χ1n) is 9.00. The number of non-ortho nitro benzene ring substituents is 1. The molecular formula is C19H22N4O6S. The average Bonchev–Trinajstić information content (AvgIpc) is 2.69. The van der Waals surface area contributed by atoms with E-state index >= 15 is 0 Å². The van der Waals surface area contributed by atoms with Crippen LogP contribution in [0.5, 0.6) is 0 Å². The molecule has 2 rings (SSSR count). The fourth-order valence-electron chi connectivity index (χ4n) is 2.61. The van der Waals surface area contributed by atoms with Gasteiger partial charge in [0.15, 0.2) is 9.84 Å². The van der Waals surface area contributed by atoms with Crippen LogP contribution in [0.3, 0.4) is 0 Å². The predicted molar refractivity (Wildman–Crippen MR) is 111 cm³/mol. The summed E-state index contributed by atoms with van der Waals surface area (Å²) < 4.78 is 28.9. The number of esters is 1. The highest BCUT2D eigenvalue weighted by Crippen LogP contribution is 2.30. The molecule has 2 aromatic rings. The number of nitro benzene ring substituents is 1. The lowest BCUT2D eigenvalue weighted by Gasteiger charge is -2.22. The van der Waals surface area contributed by atoms with E-state index < -0.39 is 14.8 Å². The fourth-order valence-corrected chi connectivity index (χ4v) is 3.43. The van der Waals surface area contributed by atoms with E-state index in [1.54, 1.807) is 12.1 Å². The second kappa shape index (κ2) is 9.92. The Labute approximate surface area is 174 Å². The van der Waals surface area contributed by atoms with Gasteiger partial charge in [-0.15, -0.1) is 5.11 Å². The maximum Gasteiger partial charge on any atom is 0.302 e. The van der Waals surface area contributed by atoms with Crippen LogP contribution in [0, 0.1) is 10.1 Å². The van der Waals surface area contributed by atoms with Gasteiger partial charge in [-0.1, -0.05) is 0 Å². The van der Waals surface area contributed by atoms with Crippen molar-refractivity contribution in [1.29, 1.82) is 0 Å². The second-order valence-electron chi connectivity index (χ2n) is 6.32. The Kier molecular flexibility index (Phi) is 7.59. The Balaban J connectivity index is 2.21. The lowest BCUT2D eigenvalue weighted by Crippen LogP contribution is -2.27. The van der Waals surface area contributed by atoms with E-state index in [2.05, 4.69) is 10.2 Å². The van der Waals surface area contributed by atoms with Crippen molar-refractivity contribution in [2.24, 2.45) is 10.2 Å². The monoisotopic (exact) mass is 434 g/mol. The van der Waals surface area contributed by atoms with Crippen molar-refractivity contribution in [2.75, 3.05) is 30.9 Å². The standard InChI is InChI=1S/C19H22N4O6S/c1-4-22(11-12-29-14(2)24)16-7-5-15(6-8-16)20-21-18-10-9-17(23(25)26)13-19(18)30(3,27)28/h5-10,13H,4,11-12H2,1-3H3/b21-20+. The molecule has 160 valence electrons. The lowest BCUT2D eigenvalue weighted by molar-refractivity contribution is -0.385. The Hall–Kier alpha value is -3.34. The zero-order chi connectivity index (χ0) is 22.3. The van der Waals surface area contributed by atoms with Crippen molar-refractivity contribution in [3.63, 3.8) is 0 Å². The summed E-state index contributed by atoms with van der Waals surface area (Å²) in [5.74, 6) is -0.332. The lowest BCUT2D eigenvalue weighted by atomic mass is 10.2. The maximum absolute atomic E-state index is 12.0. The number of nitrogens with zero attached hydrogens (tertiary/aromatic N) is 4. The van der Waals surface area contributed by atoms with Crippen LogP contribution in [0.4, 0.5) is 22.7 Å². The van der Waals surface area contributed by atoms with Gasteiger partial charge in [0.1, 0.15) is 17.2 Å². The van der Waals surface area contributed by atoms with Crippen LogP contribution in [0.2, 0.25) is 0 Å². The summed E-state index contributed by atoms with van der Waals surface area (Å²) >= 11 is 0. The van der Waals surface area contributed by atoms with E-state index in [4.69, 9.17) is 4.74 Å². The van der Waals surface area contributed by atoms with Crippen LogP contribution in [-0.2, 0) is 19.4 Å². The first-order valence-corrected chi connectivity index (χ1v) is 10.9. The number of anilines is 1. The Bertz CT molecular complexity index is 1050. The molecule has 0 amide bonds. The number of hydrogen-bond acceptors (Lipinski definition) is 9. The molecule has 0 heterocycles. The summed E-state index contributed by atoms with van der Waals surface area (Å²) in [5.41, 5.74) is 1.05. The molecule has 0 saturated heterocycles. The number of sulfone groups is 1. The normalized spacial score (nSPS) is 11.4. The Morgan fingerprint density at radius 1 is 1.17 bits per heavy atom. The first kappa shape index (κ1) is 22.9. The molecule has 0 bridgehead atoms. The zero-order valence-corrected chi connectivity index (χ0v) is 17.6. The molecule has 0 unspecified atom stereocenters. The second-order valence-corrected chi connectivity index (χ2v) is 8.30. The smallest absolute Gasteiger partial charge is 0.302 e. The summed E-state index contributed by atoms with van der Waals surface area (Å²) in [7, 11) is -3.73. The molecule has 0 fully saturated rings. The number of carbonyl (C=O) groups excluding carboxylic acids is 1. The van der Waals surface area contributed by atoms with Crippen molar-refractivity contribution in [3.8, 4) is 0 Å². The fraction of sp³-hybridized carbons (Fsp3) is 0.316. The van der Waals surface area contributed by atoms with Crippen LogP contribution in [-0.4, -0.2) is 45.3 Å². The van der Waals surface area contributed by atoms with Crippen LogP contribution in [0.1, 0.15) is 13.8 Å². The highest BCUT2D eigenvalue weighted by atomic mass is 32.2. The molecular weight excluding hydrogens is 412 g/mol. The zero-order valence-electron chi connectivity index (χ0n) is 16.8. The number of ether oxygens (including phenoxy) is 1. The minimum atomic E-state index is -3.73. The third-order valence-electron chi connectivity index (χ3n) is 4.09. The van der Waals surface area contributed by atoms with E-state index in [0.717, 1.165) is 18.0 Å². The van der Waals surface area contributed by atoms with Gasteiger partial charge in [-0.25, -0.2) is 8.42 Å². The van der Waals surface area contributed by atoms with Crippen molar-refractivity contribution < 1.29 is 22.9 Å². The summed E-state index contributed by atoms with van der Waals surface area (Å²) in [5, 5.41) is 18.9. The number of rotatable bonds is 9. The van der Waals surface area contributed by atoms with Crippen LogP contribution >= 0.6 is 0 Å². The largest absolute Gasteiger partial charge is 0.464 e. The molecule has 0 N–H and O–H groups in total. The molecule has 11 heteroatoms. The number of likely N-dealkylation sites (N-methyl/N-ethyl adjacent to an activating group) is 1. The predicted octanol–water partition coefficient (Wildman–Crippen LogP) is 3.80. The van der Waals surface area contributed by atoms with Crippen molar-refractivity contribution in [1.82, 2.24) is 0 Å². The number of benzene rings is 2. The highest BCUT2D eigenvalue weighted by molar-refractivity contribution is 7.90. The Morgan fingerprint density at radius 2 is 1.83 bits per heavy atom. The van der Waals surface area contributed by atoms with Gasteiger partial charge in [0, 0.05) is 37.5 Å².